The molecule has 0 aliphatic rings. The Bertz CT molecular complexity index is 1370. The zero-order valence-electron chi connectivity index (χ0n) is 19.4. The van der Waals surface area contributed by atoms with Crippen molar-refractivity contribution in [1.82, 2.24) is 14.5 Å². The first kappa shape index (κ1) is 24.2. The van der Waals surface area contributed by atoms with Gasteiger partial charge in [-0.2, -0.15) is 0 Å². The number of anilines is 2. The smallest absolute Gasteiger partial charge is 0.308 e. The van der Waals surface area contributed by atoms with E-state index in [9.17, 15) is 14.9 Å². The van der Waals surface area contributed by atoms with Crippen molar-refractivity contribution in [2.45, 2.75) is 39.7 Å². The lowest BCUT2D eigenvalue weighted by molar-refractivity contribution is -0.384. The highest BCUT2D eigenvalue weighted by atomic mass is 35.5. The Labute approximate surface area is 207 Å². The van der Waals surface area contributed by atoms with E-state index < -0.39 is 11.0 Å². The lowest BCUT2D eigenvalue weighted by Gasteiger charge is -2.11. The third kappa shape index (κ3) is 5.58. The fourth-order valence-electron chi connectivity index (χ4n) is 3.76. The minimum Gasteiger partial charge on any atom is -0.308 e. The summed E-state index contributed by atoms with van der Waals surface area (Å²) in [4.78, 5) is 32.6. The van der Waals surface area contributed by atoms with Crippen molar-refractivity contribution >= 4 is 45.9 Å². The number of non-ortho nitro benzene ring substituents is 1. The number of nitro benzene ring substituents is 1. The van der Waals surface area contributed by atoms with Gasteiger partial charge in [-0.05, 0) is 43.2 Å². The van der Waals surface area contributed by atoms with Gasteiger partial charge in [-0.15, -0.1) is 0 Å². The van der Waals surface area contributed by atoms with Crippen LogP contribution in [0.1, 0.15) is 36.7 Å². The second-order valence-electron chi connectivity index (χ2n) is 8.20. The molecule has 2 aromatic carbocycles. The average molecular weight is 493 g/mol. The third-order valence-electron chi connectivity index (χ3n) is 5.69. The zero-order chi connectivity index (χ0) is 24.9. The number of benzene rings is 2. The molecule has 2 N–H and O–H groups in total. The SMILES string of the molecule is CCCCc1nc2c(C)c(NC(=O)Nc3ccc(Cl)cc3)cnc2n1Cc1ccc([N+](=O)[O-])cc1. The van der Waals surface area contributed by atoms with Crippen LogP contribution < -0.4 is 10.6 Å². The summed E-state index contributed by atoms with van der Waals surface area (Å²) in [6.45, 7) is 4.51. The number of pyridine rings is 1. The number of aryl methyl sites for hydroxylation is 2. The molecule has 0 aliphatic heterocycles. The van der Waals surface area contributed by atoms with Crippen LogP contribution in [0.2, 0.25) is 5.02 Å². The maximum absolute atomic E-state index is 12.5. The Morgan fingerprint density at radius 3 is 2.49 bits per heavy atom. The van der Waals surface area contributed by atoms with Crippen molar-refractivity contribution in [3.63, 3.8) is 0 Å². The summed E-state index contributed by atoms with van der Waals surface area (Å²) in [6.07, 6.45) is 4.39. The van der Waals surface area contributed by atoms with Gasteiger partial charge in [0.1, 0.15) is 11.3 Å². The van der Waals surface area contributed by atoms with Crippen LogP contribution >= 0.6 is 11.6 Å². The highest BCUT2D eigenvalue weighted by molar-refractivity contribution is 6.30. The maximum Gasteiger partial charge on any atom is 0.323 e. The van der Waals surface area contributed by atoms with Gasteiger partial charge in [0.25, 0.3) is 5.69 Å². The Hall–Kier alpha value is -3.98. The number of amides is 2. The van der Waals surface area contributed by atoms with E-state index in [2.05, 4.69) is 22.5 Å². The number of aromatic nitrogens is 3. The van der Waals surface area contributed by atoms with E-state index >= 15 is 0 Å². The predicted octanol–water partition coefficient (Wildman–Crippen LogP) is 6.34. The number of rotatable bonds is 8. The number of nitrogens with one attached hydrogen (secondary N) is 2. The maximum atomic E-state index is 12.5. The van der Waals surface area contributed by atoms with Crippen molar-refractivity contribution in [2.75, 3.05) is 10.6 Å². The van der Waals surface area contributed by atoms with Crippen LogP contribution in [0.4, 0.5) is 21.9 Å². The van der Waals surface area contributed by atoms with E-state index in [-0.39, 0.29) is 5.69 Å². The number of hydrogen-bond donors (Lipinski definition) is 2. The molecule has 35 heavy (non-hydrogen) atoms. The molecule has 0 atom stereocenters. The minimum atomic E-state index is -0.411. The Kier molecular flexibility index (Phi) is 7.26. The molecule has 0 aliphatic carbocycles. The summed E-state index contributed by atoms with van der Waals surface area (Å²) >= 11 is 5.90. The first-order valence-corrected chi connectivity index (χ1v) is 11.6. The van der Waals surface area contributed by atoms with Gasteiger partial charge in [-0.25, -0.2) is 14.8 Å². The van der Waals surface area contributed by atoms with E-state index in [4.69, 9.17) is 16.6 Å². The largest absolute Gasteiger partial charge is 0.323 e. The quantitative estimate of drug-likeness (QED) is 0.220. The number of carbonyl (C=O) groups excluding carboxylic acids is 1. The van der Waals surface area contributed by atoms with Crippen molar-refractivity contribution in [3.05, 3.63) is 86.8 Å². The molecule has 0 bridgehead atoms. The summed E-state index contributed by atoms with van der Waals surface area (Å²) in [5, 5.41) is 17.2. The second kappa shape index (κ2) is 10.5. The van der Waals surface area contributed by atoms with Crippen LogP contribution in [-0.2, 0) is 13.0 Å². The molecular weight excluding hydrogens is 468 g/mol. The Balaban J connectivity index is 1.62. The number of nitrogens with zero attached hydrogens (tertiary/aromatic N) is 4. The molecule has 2 heterocycles. The molecule has 0 saturated carbocycles. The van der Waals surface area contributed by atoms with E-state index in [0.29, 0.717) is 34.1 Å². The molecule has 2 amide bonds. The van der Waals surface area contributed by atoms with Crippen LogP contribution in [0, 0.1) is 17.0 Å². The zero-order valence-corrected chi connectivity index (χ0v) is 20.2. The molecule has 0 unspecified atom stereocenters. The first-order valence-electron chi connectivity index (χ1n) is 11.3. The van der Waals surface area contributed by atoms with E-state index in [1.807, 2.05) is 11.5 Å². The minimum absolute atomic E-state index is 0.0528. The van der Waals surface area contributed by atoms with Gasteiger partial charge in [0.2, 0.25) is 0 Å². The number of urea groups is 1. The van der Waals surface area contributed by atoms with Crippen LogP contribution in [0.3, 0.4) is 0 Å². The van der Waals surface area contributed by atoms with Crippen LogP contribution in [0.5, 0.6) is 0 Å². The standard InChI is InChI=1S/C25H25ClN6O3/c1-3-4-5-22-30-23-16(2)21(29-25(33)28-19-10-8-18(26)9-11-19)14-27-24(23)31(22)15-17-6-12-20(13-7-17)32(34)35/h6-14H,3-5,15H2,1-2H3,(H2,28,29,33). The summed E-state index contributed by atoms with van der Waals surface area (Å²) in [5.41, 5.74) is 4.37. The van der Waals surface area contributed by atoms with Crippen molar-refractivity contribution in [2.24, 2.45) is 0 Å². The molecular formula is C25H25ClN6O3. The number of halogens is 1. The van der Waals surface area contributed by atoms with Crippen LogP contribution in [0.25, 0.3) is 11.2 Å². The molecule has 0 spiro atoms. The van der Waals surface area contributed by atoms with Gasteiger partial charge in [0.15, 0.2) is 5.65 Å². The fourth-order valence-corrected chi connectivity index (χ4v) is 3.89. The summed E-state index contributed by atoms with van der Waals surface area (Å²) < 4.78 is 2.04. The first-order chi connectivity index (χ1) is 16.9. The van der Waals surface area contributed by atoms with Gasteiger partial charge < -0.3 is 15.2 Å². The van der Waals surface area contributed by atoms with Crippen LogP contribution in [-0.4, -0.2) is 25.5 Å². The van der Waals surface area contributed by atoms with Crippen molar-refractivity contribution < 1.29 is 9.72 Å². The molecule has 0 saturated heterocycles. The number of hydrogen-bond acceptors (Lipinski definition) is 5. The average Bonchev–Trinajstić information content (AvgIpc) is 3.19. The monoisotopic (exact) mass is 492 g/mol. The lowest BCUT2D eigenvalue weighted by atomic mass is 10.2. The Morgan fingerprint density at radius 1 is 1.11 bits per heavy atom. The molecule has 180 valence electrons. The Morgan fingerprint density at radius 2 is 1.83 bits per heavy atom. The summed E-state index contributed by atoms with van der Waals surface area (Å²) in [5.74, 6) is 0.888. The number of unbranched alkanes of at least 4 members (excludes halogenated alkanes) is 1. The van der Waals surface area contributed by atoms with E-state index in [1.54, 1.807) is 42.6 Å². The normalized spacial score (nSPS) is 10.9. The summed E-state index contributed by atoms with van der Waals surface area (Å²) in [6, 6.07) is 12.9. The molecule has 0 radical (unpaired) electrons. The highest BCUT2D eigenvalue weighted by Gasteiger charge is 2.17. The van der Waals surface area contributed by atoms with E-state index in [1.165, 1.54) is 12.1 Å². The number of nitro groups is 1. The molecule has 4 rings (SSSR count). The van der Waals surface area contributed by atoms with Gasteiger partial charge >= 0.3 is 6.03 Å². The highest BCUT2D eigenvalue weighted by Crippen LogP contribution is 2.26. The van der Waals surface area contributed by atoms with Gasteiger partial charge in [0.05, 0.1) is 23.4 Å². The molecule has 10 heteroatoms. The molecule has 9 nitrogen and oxygen atoms in total. The predicted molar refractivity (Wildman–Crippen MR) is 137 cm³/mol. The van der Waals surface area contributed by atoms with Gasteiger partial charge in [-0.3, -0.25) is 10.1 Å². The third-order valence-corrected chi connectivity index (χ3v) is 5.94. The van der Waals surface area contributed by atoms with Crippen molar-refractivity contribution in [1.29, 1.82) is 0 Å². The molecule has 0 fully saturated rings. The van der Waals surface area contributed by atoms with E-state index in [0.717, 1.165) is 36.2 Å². The second-order valence-corrected chi connectivity index (χ2v) is 8.63. The van der Waals surface area contributed by atoms with Crippen LogP contribution in [0.15, 0.2) is 54.7 Å². The van der Waals surface area contributed by atoms with Crippen molar-refractivity contribution in [3.8, 4) is 0 Å². The molecule has 2 aromatic heterocycles. The number of carbonyl (C=O) groups is 1. The fraction of sp³-hybridized carbons (Fsp3) is 0.240. The summed E-state index contributed by atoms with van der Waals surface area (Å²) in [7, 11) is 0. The number of imidazole rings is 1. The topological polar surface area (TPSA) is 115 Å². The van der Waals surface area contributed by atoms with Gasteiger partial charge in [0, 0.05) is 34.8 Å². The lowest BCUT2D eigenvalue weighted by Crippen LogP contribution is -2.20. The number of fused-ring (bicyclic) bond motifs is 1. The van der Waals surface area contributed by atoms with Gasteiger partial charge in [-0.1, -0.05) is 37.1 Å². The molecule has 4 aromatic rings.